The highest BCUT2D eigenvalue weighted by Gasteiger charge is 2.50. The first kappa shape index (κ1) is 33.4. The van der Waals surface area contributed by atoms with Gasteiger partial charge in [0, 0.05) is 56.2 Å². The molecule has 0 amide bonds. The Labute approximate surface area is 355 Å². The van der Waals surface area contributed by atoms with Crippen LogP contribution in [-0.4, -0.2) is 22.7 Å². The third kappa shape index (κ3) is 4.22. The molecular formula is C55H38B2N4. The molecule has 0 N–H and O–H groups in total. The largest absolute Gasteiger partial charge is 0.382 e. The Balaban J connectivity index is 1.24. The zero-order valence-electron chi connectivity index (χ0n) is 34.2. The smallest absolute Gasteiger partial charge is 0.332 e. The molecule has 8 aromatic carbocycles. The molecule has 0 bridgehead atoms. The lowest BCUT2D eigenvalue weighted by Gasteiger charge is -2.47. The molecule has 4 aliphatic heterocycles. The molecule has 284 valence electrons. The fourth-order valence-electron chi connectivity index (χ4n) is 12.1. The summed E-state index contributed by atoms with van der Waals surface area (Å²) in [6.07, 6.45) is 4.72. The molecule has 0 spiro atoms. The minimum absolute atomic E-state index is 0.0777. The molecule has 4 aliphatic rings. The number of nitrogens with zero attached hydrogens (tertiary/aromatic N) is 4. The molecule has 0 fully saturated rings. The summed E-state index contributed by atoms with van der Waals surface area (Å²) in [5.74, 6) is 0. The molecule has 4 nitrogen and oxygen atoms in total. The van der Waals surface area contributed by atoms with Gasteiger partial charge in [-0.25, -0.2) is 0 Å². The summed E-state index contributed by atoms with van der Waals surface area (Å²) in [6.45, 7) is 6.66. The summed E-state index contributed by atoms with van der Waals surface area (Å²) in [4.78, 5) is 5.20. The van der Waals surface area contributed by atoms with E-state index in [1.807, 2.05) is 0 Å². The van der Waals surface area contributed by atoms with Crippen molar-refractivity contribution in [3.8, 4) is 33.4 Å². The zero-order chi connectivity index (χ0) is 40.2. The summed E-state index contributed by atoms with van der Waals surface area (Å²) >= 11 is 0. The van der Waals surface area contributed by atoms with E-state index >= 15 is 0 Å². The summed E-state index contributed by atoms with van der Waals surface area (Å²) in [5.41, 5.74) is 26.9. The van der Waals surface area contributed by atoms with Gasteiger partial charge in [-0.1, -0.05) is 115 Å². The van der Waals surface area contributed by atoms with Gasteiger partial charge in [0.05, 0.1) is 5.69 Å². The number of rotatable bonds is 3. The molecular weight excluding hydrogens is 738 g/mol. The van der Waals surface area contributed by atoms with Crippen LogP contribution in [0.1, 0.15) is 16.7 Å². The van der Waals surface area contributed by atoms with Crippen LogP contribution < -0.4 is 31.7 Å². The Morgan fingerprint density at radius 3 is 1.44 bits per heavy atom. The molecule has 0 atom stereocenters. The van der Waals surface area contributed by atoms with E-state index in [0.29, 0.717) is 0 Å². The molecule has 0 aliphatic carbocycles. The number of hydrogen-bond acceptors (Lipinski definition) is 2. The molecule has 61 heavy (non-hydrogen) atoms. The van der Waals surface area contributed by atoms with Crippen LogP contribution in [-0.2, 0) is 0 Å². The van der Waals surface area contributed by atoms with Crippen molar-refractivity contribution in [3.63, 3.8) is 0 Å². The Morgan fingerprint density at radius 2 is 0.869 bits per heavy atom. The fraction of sp³-hybridized carbons (Fsp3) is 0.0545. The molecule has 6 heteroatoms. The van der Waals surface area contributed by atoms with Crippen LogP contribution >= 0.6 is 0 Å². The Kier molecular flexibility index (Phi) is 6.50. The number of hydrogen-bond donors (Lipinski definition) is 0. The highest BCUT2D eigenvalue weighted by Crippen LogP contribution is 2.51. The fourth-order valence-corrected chi connectivity index (χ4v) is 12.1. The van der Waals surface area contributed by atoms with E-state index in [0.717, 1.165) is 11.4 Å². The van der Waals surface area contributed by atoms with Gasteiger partial charge in [-0.2, -0.15) is 0 Å². The molecule has 0 unspecified atom stereocenters. The highest BCUT2D eigenvalue weighted by atomic mass is 15.2. The Bertz CT molecular complexity index is 3520. The number of fused-ring (bicyclic) bond motifs is 9. The van der Waals surface area contributed by atoms with Crippen molar-refractivity contribution < 1.29 is 0 Å². The van der Waals surface area contributed by atoms with Crippen molar-refractivity contribution in [2.45, 2.75) is 20.8 Å². The van der Waals surface area contributed by atoms with E-state index in [1.165, 1.54) is 116 Å². The van der Waals surface area contributed by atoms with Crippen molar-refractivity contribution in [3.05, 3.63) is 193 Å². The highest BCUT2D eigenvalue weighted by molar-refractivity contribution is 6.99. The van der Waals surface area contributed by atoms with Gasteiger partial charge < -0.3 is 18.8 Å². The van der Waals surface area contributed by atoms with Gasteiger partial charge in [-0.3, -0.25) is 0 Å². The van der Waals surface area contributed by atoms with E-state index < -0.39 is 0 Å². The van der Waals surface area contributed by atoms with Gasteiger partial charge in [0.1, 0.15) is 0 Å². The molecule has 6 heterocycles. The number of anilines is 6. The van der Waals surface area contributed by atoms with Gasteiger partial charge in [0.2, 0.25) is 0 Å². The van der Waals surface area contributed by atoms with Gasteiger partial charge >= 0.3 is 13.7 Å². The normalized spacial score (nSPS) is 13.7. The zero-order valence-corrected chi connectivity index (χ0v) is 34.2. The van der Waals surface area contributed by atoms with Gasteiger partial charge in [0.15, 0.2) is 0 Å². The van der Waals surface area contributed by atoms with Crippen molar-refractivity contribution in [1.82, 2.24) is 8.96 Å². The SMILES string of the molecule is Cc1cc(C)c(-c2cc3c(c4c2N(c2ccccc2)c2cccc5c2B4n2ccc4cccc-5c42)B2c4c(cccc4N3c3ccccc3)-c3cccc4ccn2c34)c(C)c1. The molecule has 0 radical (unpaired) electrons. The summed E-state index contributed by atoms with van der Waals surface area (Å²) < 4.78 is 5.23. The molecule has 0 saturated carbocycles. The number of para-hydroxylation sites is 4. The van der Waals surface area contributed by atoms with E-state index in [-0.39, 0.29) is 13.7 Å². The lowest BCUT2D eigenvalue weighted by atomic mass is 9.35. The van der Waals surface area contributed by atoms with Crippen LogP contribution in [0, 0.1) is 20.8 Å². The topological polar surface area (TPSA) is 16.3 Å². The molecule has 14 rings (SSSR count). The van der Waals surface area contributed by atoms with Gasteiger partial charge in [-0.05, 0) is 148 Å². The maximum absolute atomic E-state index is 2.62. The third-order valence-corrected chi connectivity index (χ3v) is 14.2. The number of benzene rings is 8. The predicted molar refractivity (Wildman–Crippen MR) is 258 cm³/mol. The summed E-state index contributed by atoms with van der Waals surface area (Å²) in [6, 6.07) is 61.8. The van der Waals surface area contributed by atoms with Crippen molar-refractivity contribution in [2.24, 2.45) is 0 Å². The predicted octanol–water partition coefficient (Wildman–Crippen LogP) is 11.0. The lowest BCUT2D eigenvalue weighted by Crippen LogP contribution is -2.68. The number of aryl methyl sites for hydroxylation is 3. The van der Waals surface area contributed by atoms with Crippen LogP contribution in [0.4, 0.5) is 34.1 Å². The summed E-state index contributed by atoms with van der Waals surface area (Å²) in [7, 11) is 0. The molecule has 10 aromatic rings. The average Bonchev–Trinajstić information content (AvgIpc) is 3.93. The number of aromatic nitrogens is 2. The lowest BCUT2D eigenvalue weighted by molar-refractivity contribution is 1.21. The molecule has 0 saturated heterocycles. The Morgan fingerprint density at radius 1 is 0.377 bits per heavy atom. The van der Waals surface area contributed by atoms with Crippen molar-refractivity contribution >= 4 is 91.5 Å². The van der Waals surface area contributed by atoms with Gasteiger partial charge in [0.25, 0.3) is 0 Å². The van der Waals surface area contributed by atoms with Crippen molar-refractivity contribution in [1.29, 1.82) is 0 Å². The monoisotopic (exact) mass is 776 g/mol. The first-order valence-electron chi connectivity index (χ1n) is 21.5. The van der Waals surface area contributed by atoms with Crippen LogP contribution in [0.25, 0.3) is 55.2 Å². The first-order valence-corrected chi connectivity index (χ1v) is 21.5. The Hall–Kier alpha value is -7.43. The van der Waals surface area contributed by atoms with Crippen LogP contribution in [0.15, 0.2) is 176 Å². The second-order valence-corrected chi connectivity index (χ2v) is 17.4. The van der Waals surface area contributed by atoms with Crippen LogP contribution in [0.3, 0.4) is 0 Å². The van der Waals surface area contributed by atoms with Crippen molar-refractivity contribution in [2.75, 3.05) is 9.80 Å². The summed E-state index contributed by atoms with van der Waals surface area (Å²) in [5, 5.41) is 2.54. The second kappa shape index (κ2) is 11.9. The molecule has 2 aromatic heterocycles. The van der Waals surface area contributed by atoms with E-state index in [9.17, 15) is 0 Å². The van der Waals surface area contributed by atoms with Crippen LogP contribution in [0.5, 0.6) is 0 Å². The maximum atomic E-state index is 2.62. The second-order valence-electron chi connectivity index (χ2n) is 17.4. The quantitative estimate of drug-likeness (QED) is 0.166. The average molecular weight is 777 g/mol. The van der Waals surface area contributed by atoms with E-state index in [1.54, 1.807) is 0 Å². The van der Waals surface area contributed by atoms with E-state index in [2.05, 4.69) is 216 Å². The minimum Gasteiger partial charge on any atom is -0.382 e. The third-order valence-electron chi connectivity index (χ3n) is 14.2. The minimum atomic E-state index is -0.0946. The van der Waals surface area contributed by atoms with Gasteiger partial charge in [-0.15, -0.1) is 0 Å². The standard InChI is InChI=1S/C55H38B2N4/c1-33-30-34(2)48(35(3)31-33)44-32-47-51(56-49-40(42-22-10-14-36-26-28-58(56)53(36)42)20-12-24-45(49)60(47)38-16-6-4-7-17-38)52-55(44)61(39-18-8-5-9-19-39)46-25-13-21-41-43-23-11-15-37-27-29-59(54(37)43)57(52)50(41)46/h4-32H,1-3H3. The first-order chi connectivity index (χ1) is 30.0. The maximum Gasteiger partial charge on any atom is 0.332 e. The van der Waals surface area contributed by atoms with Crippen LogP contribution in [0.2, 0.25) is 0 Å². The van der Waals surface area contributed by atoms with E-state index in [4.69, 9.17) is 0 Å².